The van der Waals surface area contributed by atoms with Crippen LogP contribution < -0.4 is 9.80 Å². The molecule has 2 aromatic carbocycles. The first-order chi connectivity index (χ1) is 15.1. The van der Waals surface area contributed by atoms with E-state index in [2.05, 4.69) is 34.9 Å². The first kappa shape index (κ1) is 18.9. The summed E-state index contributed by atoms with van der Waals surface area (Å²) in [6, 6.07) is 10.0. The molecule has 0 N–H and O–H groups in total. The Morgan fingerprint density at radius 3 is 2.48 bits per heavy atom. The molecule has 0 amide bonds. The minimum absolute atomic E-state index is 0.100. The zero-order chi connectivity index (χ0) is 21.1. The number of piperidine rings is 2. The van der Waals surface area contributed by atoms with E-state index in [4.69, 9.17) is 4.52 Å². The van der Waals surface area contributed by atoms with Gasteiger partial charge in [0, 0.05) is 37.3 Å². The van der Waals surface area contributed by atoms with Crippen LogP contribution >= 0.6 is 0 Å². The Labute approximate surface area is 183 Å². The first-order valence-corrected chi connectivity index (χ1v) is 11.7. The number of rotatable bonds is 2. The monoisotopic (exact) mass is 415 g/mol. The molecule has 2 aliphatic heterocycles. The van der Waals surface area contributed by atoms with Crippen molar-refractivity contribution in [3.8, 4) is 11.3 Å². The second kappa shape index (κ2) is 7.11. The topological polar surface area (TPSA) is 49.6 Å². The molecule has 6 rings (SSSR count). The number of carbonyl (C=O) groups is 1. The maximum atomic E-state index is 13.8. The van der Waals surface area contributed by atoms with Gasteiger partial charge in [-0.1, -0.05) is 43.3 Å². The van der Waals surface area contributed by atoms with Crippen LogP contribution in [0.5, 0.6) is 0 Å². The average Bonchev–Trinajstić information content (AvgIpc) is 3.23. The van der Waals surface area contributed by atoms with Crippen molar-refractivity contribution in [2.24, 2.45) is 11.8 Å². The van der Waals surface area contributed by atoms with E-state index < -0.39 is 0 Å². The summed E-state index contributed by atoms with van der Waals surface area (Å²) in [6.07, 6.45) is 4.78. The normalized spacial score (nSPS) is 21.6. The first-order valence-electron chi connectivity index (χ1n) is 11.7. The highest BCUT2D eigenvalue weighted by atomic mass is 16.5. The van der Waals surface area contributed by atoms with Crippen LogP contribution in [-0.4, -0.2) is 37.1 Å². The molecule has 31 heavy (non-hydrogen) atoms. The molecule has 1 aliphatic carbocycles. The Morgan fingerprint density at radius 2 is 1.71 bits per heavy atom. The minimum Gasteiger partial charge on any atom is -0.371 e. The number of hydrogen-bond acceptors (Lipinski definition) is 5. The van der Waals surface area contributed by atoms with Crippen LogP contribution in [0, 0.1) is 11.8 Å². The third kappa shape index (κ3) is 2.89. The molecule has 1 aromatic heterocycles. The summed E-state index contributed by atoms with van der Waals surface area (Å²) in [5.74, 6) is 2.24. The number of carbonyl (C=O) groups excluding carboxylic acids is 1. The number of anilines is 2. The maximum Gasteiger partial charge on any atom is 0.196 e. The van der Waals surface area contributed by atoms with E-state index in [9.17, 15) is 4.79 Å². The minimum atomic E-state index is 0.100. The Morgan fingerprint density at radius 1 is 0.935 bits per heavy atom. The van der Waals surface area contributed by atoms with E-state index in [-0.39, 0.29) is 5.78 Å². The lowest BCUT2D eigenvalue weighted by molar-refractivity contribution is 0.104. The highest BCUT2D eigenvalue weighted by Gasteiger charge is 2.35. The molecule has 0 saturated carbocycles. The number of ketones is 1. The number of benzene rings is 2. The molecule has 2 saturated heterocycles. The van der Waals surface area contributed by atoms with Crippen LogP contribution in [0.1, 0.15) is 55.5 Å². The van der Waals surface area contributed by atoms with Gasteiger partial charge in [0.1, 0.15) is 5.52 Å². The van der Waals surface area contributed by atoms with Crippen LogP contribution in [0.2, 0.25) is 0 Å². The molecule has 0 unspecified atom stereocenters. The number of fused-ring (bicyclic) bond motifs is 2. The van der Waals surface area contributed by atoms with Crippen molar-refractivity contribution < 1.29 is 9.32 Å². The van der Waals surface area contributed by atoms with Crippen LogP contribution in [0.25, 0.3) is 22.2 Å². The summed E-state index contributed by atoms with van der Waals surface area (Å²) in [4.78, 5) is 18.6. The molecule has 5 heteroatoms. The molecule has 1 atom stereocenters. The molecule has 0 spiro atoms. The SMILES string of the molecule is CC1CCN(c2cc(N3CCC[C@H](C)C3)c3noc4c3c2C(=O)c2ccccc2-4)CC1. The van der Waals surface area contributed by atoms with Gasteiger partial charge < -0.3 is 14.3 Å². The lowest BCUT2D eigenvalue weighted by atomic mass is 9.85. The second-order valence-electron chi connectivity index (χ2n) is 9.76. The average molecular weight is 416 g/mol. The fourth-order valence-electron chi connectivity index (χ4n) is 5.67. The van der Waals surface area contributed by atoms with E-state index >= 15 is 0 Å². The van der Waals surface area contributed by atoms with Crippen LogP contribution in [0.15, 0.2) is 34.9 Å². The molecule has 3 aliphatic rings. The predicted molar refractivity (Wildman–Crippen MR) is 124 cm³/mol. The summed E-state index contributed by atoms with van der Waals surface area (Å²) in [5.41, 5.74) is 5.41. The van der Waals surface area contributed by atoms with Crippen molar-refractivity contribution in [1.29, 1.82) is 0 Å². The molecule has 2 fully saturated rings. The van der Waals surface area contributed by atoms with Gasteiger partial charge in [0.15, 0.2) is 11.5 Å². The van der Waals surface area contributed by atoms with Crippen molar-refractivity contribution in [2.45, 2.75) is 39.5 Å². The smallest absolute Gasteiger partial charge is 0.196 e. The molecule has 3 aromatic rings. The number of aromatic nitrogens is 1. The lowest BCUT2D eigenvalue weighted by Crippen LogP contribution is -2.36. The van der Waals surface area contributed by atoms with Crippen LogP contribution in [0.3, 0.4) is 0 Å². The standard InChI is InChI=1S/C26H29N3O2/c1-16-9-12-28(13-10-16)20-14-21(29-11-5-6-17(2)15-29)24-23-22(20)25(30)18-7-3-4-8-19(18)26(23)31-27-24/h3-4,7-8,14,16-17H,5-6,9-13,15H2,1-2H3/t17-/m0/s1. The van der Waals surface area contributed by atoms with Gasteiger partial charge in [0.2, 0.25) is 0 Å². The zero-order valence-electron chi connectivity index (χ0n) is 18.4. The Kier molecular flexibility index (Phi) is 4.34. The van der Waals surface area contributed by atoms with Gasteiger partial charge in [0.05, 0.1) is 22.3 Å². The lowest BCUT2D eigenvalue weighted by Gasteiger charge is -2.37. The third-order valence-corrected chi connectivity index (χ3v) is 7.48. The molecular formula is C26H29N3O2. The number of nitrogens with zero attached hydrogens (tertiary/aromatic N) is 3. The van der Waals surface area contributed by atoms with Gasteiger partial charge in [-0.3, -0.25) is 4.79 Å². The van der Waals surface area contributed by atoms with Gasteiger partial charge in [-0.05, 0) is 43.6 Å². The van der Waals surface area contributed by atoms with E-state index in [1.165, 1.54) is 12.8 Å². The van der Waals surface area contributed by atoms with E-state index in [1.54, 1.807) is 0 Å². The van der Waals surface area contributed by atoms with Gasteiger partial charge in [-0.2, -0.15) is 0 Å². The maximum absolute atomic E-state index is 13.8. The second-order valence-corrected chi connectivity index (χ2v) is 9.76. The fourth-order valence-corrected chi connectivity index (χ4v) is 5.67. The highest BCUT2D eigenvalue weighted by Crippen LogP contribution is 2.47. The van der Waals surface area contributed by atoms with Crippen molar-refractivity contribution >= 4 is 28.1 Å². The van der Waals surface area contributed by atoms with Crippen molar-refractivity contribution in [3.05, 3.63) is 41.5 Å². The van der Waals surface area contributed by atoms with Gasteiger partial charge >= 0.3 is 0 Å². The number of hydrogen-bond donors (Lipinski definition) is 0. The Balaban J connectivity index is 1.60. The Bertz CT molecular complexity index is 1170. The summed E-state index contributed by atoms with van der Waals surface area (Å²) in [6.45, 7) is 8.68. The van der Waals surface area contributed by atoms with Crippen molar-refractivity contribution in [2.75, 3.05) is 36.0 Å². The summed E-state index contributed by atoms with van der Waals surface area (Å²) < 4.78 is 5.94. The summed E-state index contributed by atoms with van der Waals surface area (Å²) >= 11 is 0. The third-order valence-electron chi connectivity index (χ3n) is 7.48. The highest BCUT2D eigenvalue weighted by molar-refractivity contribution is 6.28. The molecule has 0 radical (unpaired) electrons. The molecular weight excluding hydrogens is 386 g/mol. The molecule has 5 nitrogen and oxygen atoms in total. The van der Waals surface area contributed by atoms with Crippen molar-refractivity contribution in [3.63, 3.8) is 0 Å². The van der Waals surface area contributed by atoms with Crippen LogP contribution in [0.4, 0.5) is 11.4 Å². The predicted octanol–water partition coefficient (Wildman–Crippen LogP) is 5.51. The molecule has 3 heterocycles. The van der Waals surface area contributed by atoms with E-state index in [0.717, 1.165) is 89.7 Å². The zero-order valence-corrected chi connectivity index (χ0v) is 18.4. The largest absolute Gasteiger partial charge is 0.371 e. The summed E-state index contributed by atoms with van der Waals surface area (Å²) in [5, 5.41) is 5.44. The quantitative estimate of drug-likeness (QED) is 0.432. The molecule has 0 bridgehead atoms. The van der Waals surface area contributed by atoms with E-state index in [1.807, 2.05) is 24.3 Å². The van der Waals surface area contributed by atoms with E-state index in [0.29, 0.717) is 5.92 Å². The summed E-state index contributed by atoms with van der Waals surface area (Å²) in [7, 11) is 0. The van der Waals surface area contributed by atoms with Gasteiger partial charge in [-0.15, -0.1) is 0 Å². The molecule has 160 valence electrons. The van der Waals surface area contributed by atoms with Crippen molar-refractivity contribution in [1.82, 2.24) is 5.16 Å². The Hall–Kier alpha value is -2.82. The van der Waals surface area contributed by atoms with Gasteiger partial charge in [-0.25, -0.2) is 0 Å². The van der Waals surface area contributed by atoms with Crippen LogP contribution in [-0.2, 0) is 0 Å². The van der Waals surface area contributed by atoms with Gasteiger partial charge in [0.25, 0.3) is 0 Å². The fraction of sp³-hybridized carbons (Fsp3) is 0.462.